The molecule has 0 fully saturated rings. The Hall–Kier alpha value is -2.04. The Kier molecular flexibility index (Phi) is 2.99. The maximum absolute atomic E-state index is 11.9. The number of hydrogen-bond acceptors (Lipinski definition) is 4. The summed E-state index contributed by atoms with van der Waals surface area (Å²) < 4.78 is 10.3. The van der Waals surface area contributed by atoms with Gasteiger partial charge in [0.15, 0.2) is 11.5 Å². The number of fused-ring (bicyclic) bond motifs is 1. The van der Waals surface area contributed by atoms with E-state index in [2.05, 4.69) is 0 Å². The van der Waals surface area contributed by atoms with Gasteiger partial charge in [-0.2, -0.15) is 0 Å². The number of amides is 2. The zero-order valence-electron chi connectivity index (χ0n) is 9.73. The minimum absolute atomic E-state index is 0.290. The molecule has 2 amide bonds. The van der Waals surface area contributed by atoms with Crippen LogP contribution in [0.2, 0.25) is 0 Å². The molecular weight excluding hydrogens is 222 g/mol. The third kappa shape index (κ3) is 1.84. The molecule has 5 nitrogen and oxygen atoms in total. The first kappa shape index (κ1) is 11.4. The van der Waals surface area contributed by atoms with Gasteiger partial charge in [0.2, 0.25) is 6.41 Å². The summed E-state index contributed by atoms with van der Waals surface area (Å²) in [4.78, 5) is 23.8. The van der Waals surface area contributed by atoms with Gasteiger partial charge in [-0.05, 0) is 24.1 Å². The second kappa shape index (κ2) is 4.45. The maximum atomic E-state index is 11.9. The molecule has 2 rings (SSSR count). The molecule has 1 aromatic carbocycles. The fraction of sp³-hybridized carbons (Fsp3) is 0.333. The molecule has 17 heavy (non-hydrogen) atoms. The number of nitrogens with zero attached hydrogens (tertiary/aromatic N) is 1. The van der Waals surface area contributed by atoms with Crippen LogP contribution in [-0.4, -0.2) is 38.0 Å². The Morgan fingerprint density at radius 1 is 1.24 bits per heavy atom. The average molecular weight is 235 g/mol. The second-order valence-electron chi connectivity index (χ2n) is 3.72. The van der Waals surface area contributed by atoms with Gasteiger partial charge in [0.25, 0.3) is 5.91 Å². The normalized spacial score (nSPS) is 14.2. The number of carbonyl (C=O) groups excluding carboxylic acids is 2. The number of benzene rings is 1. The highest BCUT2D eigenvalue weighted by molar-refractivity contribution is 6.02. The molecule has 0 radical (unpaired) electrons. The molecule has 1 aliphatic rings. The van der Waals surface area contributed by atoms with Crippen LogP contribution < -0.4 is 9.47 Å². The first-order chi connectivity index (χ1) is 8.21. The Balaban J connectivity index is 2.50. The van der Waals surface area contributed by atoms with Crippen molar-refractivity contribution in [2.45, 2.75) is 6.42 Å². The molecule has 0 bridgehead atoms. The third-order valence-corrected chi connectivity index (χ3v) is 2.85. The first-order valence-electron chi connectivity index (χ1n) is 5.22. The highest BCUT2D eigenvalue weighted by Crippen LogP contribution is 2.32. The summed E-state index contributed by atoms with van der Waals surface area (Å²) in [5.74, 6) is 0.799. The molecular formula is C12H13NO4. The lowest BCUT2D eigenvalue weighted by molar-refractivity contribution is -0.116. The van der Waals surface area contributed by atoms with E-state index in [0.29, 0.717) is 36.4 Å². The molecule has 5 heteroatoms. The van der Waals surface area contributed by atoms with Gasteiger partial charge in [0.05, 0.1) is 14.2 Å². The van der Waals surface area contributed by atoms with Crippen LogP contribution in [0.3, 0.4) is 0 Å². The Bertz CT molecular complexity index is 470. The molecule has 1 heterocycles. The molecule has 0 aromatic heterocycles. The maximum Gasteiger partial charge on any atom is 0.260 e. The van der Waals surface area contributed by atoms with Crippen molar-refractivity contribution in [2.75, 3.05) is 20.8 Å². The Morgan fingerprint density at radius 2 is 1.88 bits per heavy atom. The van der Waals surface area contributed by atoms with E-state index in [0.717, 1.165) is 10.5 Å². The number of ether oxygens (including phenoxy) is 2. The summed E-state index contributed by atoms with van der Waals surface area (Å²) in [5, 5.41) is 0. The van der Waals surface area contributed by atoms with Crippen LogP contribution in [0.4, 0.5) is 0 Å². The van der Waals surface area contributed by atoms with Crippen molar-refractivity contribution in [3.63, 3.8) is 0 Å². The minimum atomic E-state index is -0.290. The molecule has 0 N–H and O–H groups in total. The Morgan fingerprint density at radius 3 is 2.47 bits per heavy atom. The van der Waals surface area contributed by atoms with Crippen LogP contribution in [0.25, 0.3) is 0 Å². The summed E-state index contributed by atoms with van der Waals surface area (Å²) in [7, 11) is 3.06. The zero-order chi connectivity index (χ0) is 12.4. The number of rotatable bonds is 3. The highest BCUT2D eigenvalue weighted by atomic mass is 16.5. The second-order valence-corrected chi connectivity index (χ2v) is 3.72. The number of carbonyl (C=O) groups is 2. The molecule has 1 aliphatic heterocycles. The SMILES string of the molecule is COc1cc2c(cc1OC)C(=O)N(C=O)CC2. The van der Waals surface area contributed by atoms with E-state index >= 15 is 0 Å². The largest absolute Gasteiger partial charge is 0.493 e. The third-order valence-electron chi connectivity index (χ3n) is 2.85. The van der Waals surface area contributed by atoms with Crippen molar-refractivity contribution >= 4 is 12.3 Å². The molecule has 0 unspecified atom stereocenters. The van der Waals surface area contributed by atoms with Crippen molar-refractivity contribution in [3.05, 3.63) is 23.3 Å². The summed E-state index contributed by atoms with van der Waals surface area (Å²) >= 11 is 0. The van der Waals surface area contributed by atoms with Gasteiger partial charge in [-0.1, -0.05) is 0 Å². The minimum Gasteiger partial charge on any atom is -0.493 e. The summed E-state index contributed by atoms with van der Waals surface area (Å²) in [5.41, 5.74) is 1.38. The summed E-state index contributed by atoms with van der Waals surface area (Å²) in [6.45, 7) is 0.408. The fourth-order valence-corrected chi connectivity index (χ4v) is 1.92. The van der Waals surface area contributed by atoms with Gasteiger partial charge in [0, 0.05) is 12.1 Å². The molecule has 0 atom stereocenters. The van der Waals surface area contributed by atoms with Crippen molar-refractivity contribution in [1.82, 2.24) is 4.90 Å². The average Bonchev–Trinajstić information content (AvgIpc) is 2.38. The summed E-state index contributed by atoms with van der Waals surface area (Å²) in [6, 6.07) is 3.40. The Labute approximate surface area is 98.9 Å². The molecule has 1 aromatic rings. The lowest BCUT2D eigenvalue weighted by Crippen LogP contribution is -2.36. The number of methoxy groups -OCH3 is 2. The first-order valence-corrected chi connectivity index (χ1v) is 5.22. The van der Waals surface area contributed by atoms with E-state index in [1.165, 1.54) is 7.11 Å². The van der Waals surface area contributed by atoms with Gasteiger partial charge < -0.3 is 9.47 Å². The molecule has 0 saturated carbocycles. The number of imide groups is 1. The predicted octanol–water partition coefficient (Wildman–Crippen LogP) is 0.859. The van der Waals surface area contributed by atoms with E-state index in [1.54, 1.807) is 19.2 Å². The molecule has 0 spiro atoms. The molecule has 90 valence electrons. The van der Waals surface area contributed by atoms with Gasteiger partial charge in [0.1, 0.15) is 0 Å². The molecule has 0 saturated heterocycles. The highest BCUT2D eigenvalue weighted by Gasteiger charge is 2.25. The monoisotopic (exact) mass is 235 g/mol. The van der Waals surface area contributed by atoms with Gasteiger partial charge >= 0.3 is 0 Å². The quantitative estimate of drug-likeness (QED) is 0.729. The van der Waals surface area contributed by atoms with E-state index in [1.807, 2.05) is 0 Å². The molecule has 0 aliphatic carbocycles. The predicted molar refractivity (Wildman–Crippen MR) is 60.4 cm³/mol. The van der Waals surface area contributed by atoms with E-state index < -0.39 is 0 Å². The van der Waals surface area contributed by atoms with Crippen LogP contribution in [-0.2, 0) is 11.2 Å². The van der Waals surface area contributed by atoms with Crippen LogP contribution in [0.1, 0.15) is 15.9 Å². The van der Waals surface area contributed by atoms with E-state index in [9.17, 15) is 9.59 Å². The van der Waals surface area contributed by atoms with Crippen molar-refractivity contribution in [3.8, 4) is 11.5 Å². The number of hydrogen-bond donors (Lipinski definition) is 0. The van der Waals surface area contributed by atoms with Crippen LogP contribution in [0, 0.1) is 0 Å². The van der Waals surface area contributed by atoms with Crippen LogP contribution >= 0.6 is 0 Å². The van der Waals surface area contributed by atoms with Gasteiger partial charge in [-0.25, -0.2) is 0 Å². The summed E-state index contributed by atoms with van der Waals surface area (Å²) in [6.07, 6.45) is 1.20. The fourth-order valence-electron chi connectivity index (χ4n) is 1.92. The van der Waals surface area contributed by atoms with E-state index in [4.69, 9.17) is 9.47 Å². The van der Waals surface area contributed by atoms with Crippen molar-refractivity contribution in [1.29, 1.82) is 0 Å². The van der Waals surface area contributed by atoms with Gasteiger partial charge in [-0.3, -0.25) is 14.5 Å². The standard InChI is InChI=1S/C12H13NO4/c1-16-10-5-8-3-4-13(7-14)12(15)9(8)6-11(10)17-2/h5-7H,3-4H2,1-2H3. The van der Waals surface area contributed by atoms with Crippen molar-refractivity contribution < 1.29 is 19.1 Å². The lowest BCUT2D eigenvalue weighted by atomic mass is 9.98. The van der Waals surface area contributed by atoms with Gasteiger partial charge in [-0.15, -0.1) is 0 Å². The van der Waals surface area contributed by atoms with Crippen LogP contribution in [0.15, 0.2) is 12.1 Å². The smallest absolute Gasteiger partial charge is 0.260 e. The van der Waals surface area contributed by atoms with Crippen LogP contribution in [0.5, 0.6) is 11.5 Å². The lowest BCUT2D eigenvalue weighted by Gasteiger charge is -2.24. The van der Waals surface area contributed by atoms with E-state index in [-0.39, 0.29) is 5.91 Å². The van der Waals surface area contributed by atoms with Crippen molar-refractivity contribution in [2.24, 2.45) is 0 Å². The topological polar surface area (TPSA) is 55.8 Å². The zero-order valence-corrected chi connectivity index (χ0v) is 9.73.